The number of hydrogen-bond acceptors (Lipinski definition) is 2. The van der Waals surface area contributed by atoms with Crippen molar-refractivity contribution in [2.24, 2.45) is 5.73 Å². The molecule has 2 nitrogen and oxygen atoms in total. The molecule has 21 heavy (non-hydrogen) atoms. The zero-order valence-electron chi connectivity index (χ0n) is 11.1. The Hall–Kier alpha value is -2.46. The van der Waals surface area contributed by atoms with E-state index in [2.05, 4.69) is 11.4 Å². The standard InChI is InChI=1S/C17H13FN2S/c18-16-10-14(7-8-15(16)17(19)21)20-13-6-5-11-3-1-2-4-12(11)9-13/h1-10,20H,(H2,19,21). The lowest BCUT2D eigenvalue weighted by Gasteiger charge is -2.09. The van der Waals surface area contributed by atoms with Gasteiger partial charge in [-0.25, -0.2) is 4.39 Å². The van der Waals surface area contributed by atoms with Crippen molar-refractivity contribution >= 4 is 39.4 Å². The van der Waals surface area contributed by atoms with Crippen LogP contribution in [-0.4, -0.2) is 4.99 Å². The van der Waals surface area contributed by atoms with Crippen LogP contribution >= 0.6 is 12.2 Å². The molecule has 0 aromatic heterocycles. The molecule has 0 radical (unpaired) electrons. The average Bonchev–Trinajstić information content (AvgIpc) is 2.47. The molecule has 104 valence electrons. The molecule has 3 aromatic rings. The van der Waals surface area contributed by atoms with Crippen molar-refractivity contribution in [1.29, 1.82) is 0 Å². The summed E-state index contributed by atoms with van der Waals surface area (Å²) in [6.07, 6.45) is 0. The van der Waals surface area contributed by atoms with Crippen LogP contribution in [0.1, 0.15) is 5.56 Å². The number of benzene rings is 3. The third-order valence-electron chi connectivity index (χ3n) is 3.27. The highest BCUT2D eigenvalue weighted by atomic mass is 32.1. The van der Waals surface area contributed by atoms with E-state index in [1.807, 2.05) is 36.4 Å². The van der Waals surface area contributed by atoms with Gasteiger partial charge in [-0.1, -0.05) is 42.5 Å². The molecule has 0 heterocycles. The van der Waals surface area contributed by atoms with Gasteiger partial charge in [0.05, 0.1) is 0 Å². The third kappa shape index (κ3) is 2.85. The van der Waals surface area contributed by atoms with Gasteiger partial charge in [-0.3, -0.25) is 0 Å². The Balaban J connectivity index is 1.91. The van der Waals surface area contributed by atoms with Crippen LogP contribution in [0.2, 0.25) is 0 Å². The molecule has 4 heteroatoms. The lowest BCUT2D eigenvalue weighted by atomic mass is 10.1. The summed E-state index contributed by atoms with van der Waals surface area (Å²) >= 11 is 4.79. The van der Waals surface area contributed by atoms with Gasteiger partial charge in [-0.15, -0.1) is 0 Å². The first-order valence-electron chi connectivity index (χ1n) is 6.49. The van der Waals surface area contributed by atoms with Gasteiger partial charge < -0.3 is 11.1 Å². The first kappa shape index (κ1) is 13.5. The smallest absolute Gasteiger partial charge is 0.135 e. The summed E-state index contributed by atoms with van der Waals surface area (Å²) in [6.45, 7) is 0. The van der Waals surface area contributed by atoms with E-state index in [0.717, 1.165) is 16.5 Å². The zero-order valence-corrected chi connectivity index (χ0v) is 12.0. The second-order valence-electron chi connectivity index (χ2n) is 4.75. The summed E-state index contributed by atoms with van der Waals surface area (Å²) in [6, 6.07) is 18.8. The van der Waals surface area contributed by atoms with E-state index in [-0.39, 0.29) is 10.6 Å². The van der Waals surface area contributed by atoms with Crippen LogP contribution in [0.5, 0.6) is 0 Å². The summed E-state index contributed by atoms with van der Waals surface area (Å²) in [4.78, 5) is 0.0600. The van der Waals surface area contributed by atoms with Crippen LogP contribution in [0.4, 0.5) is 15.8 Å². The summed E-state index contributed by atoms with van der Waals surface area (Å²) in [7, 11) is 0. The molecule has 3 rings (SSSR count). The normalized spacial score (nSPS) is 10.5. The second kappa shape index (κ2) is 5.50. The fourth-order valence-corrected chi connectivity index (χ4v) is 2.39. The maximum atomic E-state index is 13.8. The highest BCUT2D eigenvalue weighted by Crippen LogP contribution is 2.23. The van der Waals surface area contributed by atoms with Crippen molar-refractivity contribution in [2.75, 3.05) is 5.32 Å². The lowest BCUT2D eigenvalue weighted by molar-refractivity contribution is 0.626. The van der Waals surface area contributed by atoms with Crippen LogP contribution in [0, 0.1) is 5.82 Å². The average molecular weight is 296 g/mol. The van der Waals surface area contributed by atoms with E-state index in [4.69, 9.17) is 18.0 Å². The number of hydrogen-bond donors (Lipinski definition) is 2. The third-order valence-corrected chi connectivity index (χ3v) is 3.49. The fourth-order valence-electron chi connectivity index (χ4n) is 2.23. The Morgan fingerprint density at radius 1 is 0.905 bits per heavy atom. The van der Waals surface area contributed by atoms with Crippen molar-refractivity contribution in [2.45, 2.75) is 0 Å². The number of halogens is 1. The van der Waals surface area contributed by atoms with Gasteiger partial charge in [-0.2, -0.15) is 0 Å². The zero-order chi connectivity index (χ0) is 14.8. The molecule has 0 amide bonds. The molecule has 0 fully saturated rings. The first-order valence-corrected chi connectivity index (χ1v) is 6.89. The highest BCUT2D eigenvalue weighted by Gasteiger charge is 2.06. The van der Waals surface area contributed by atoms with Crippen LogP contribution in [0.3, 0.4) is 0 Å². The van der Waals surface area contributed by atoms with Crippen molar-refractivity contribution in [3.8, 4) is 0 Å². The van der Waals surface area contributed by atoms with E-state index in [1.54, 1.807) is 12.1 Å². The Morgan fingerprint density at radius 2 is 1.57 bits per heavy atom. The van der Waals surface area contributed by atoms with Crippen molar-refractivity contribution in [3.05, 3.63) is 72.0 Å². The fraction of sp³-hybridized carbons (Fsp3) is 0. The Labute approximate surface area is 127 Å². The molecular formula is C17H13FN2S. The van der Waals surface area contributed by atoms with Gasteiger partial charge in [0.2, 0.25) is 0 Å². The molecule has 0 aliphatic carbocycles. The predicted molar refractivity (Wildman–Crippen MR) is 89.5 cm³/mol. The van der Waals surface area contributed by atoms with Crippen molar-refractivity contribution in [3.63, 3.8) is 0 Å². The van der Waals surface area contributed by atoms with Gasteiger partial charge >= 0.3 is 0 Å². The van der Waals surface area contributed by atoms with Crippen LogP contribution in [0.15, 0.2) is 60.7 Å². The lowest BCUT2D eigenvalue weighted by Crippen LogP contribution is -2.11. The summed E-state index contributed by atoms with van der Waals surface area (Å²) < 4.78 is 13.8. The topological polar surface area (TPSA) is 38.0 Å². The molecule has 3 aromatic carbocycles. The van der Waals surface area contributed by atoms with Crippen LogP contribution in [0.25, 0.3) is 10.8 Å². The first-order chi connectivity index (χ1) is 10.1. The van der Waals surface area contributed by atoms with E-state index < -0.39 is 5.82 Å². The number of nitrogens with one attached hydrogen (secondary N) is 1. The quantitative estimate of drug-likeness (QED) is 0.705. The molecule has 0 saturated heterocycles. The maximum absolute atomic E-state index is 13.8. The summed E-state index contributed by atoms with van der Waals surface area (Å²) in [5, 5.41) is 5.47. The summed E-state index contributed by atoms with van der Waals surface area (Å²) in [5.74, 6) is -0.423. The molecule has 3 N–H and O–H groups in total. The molecule has 0 bridgehead atoms. The molecule has 0 aliphatic heterocycles. The van der Waals surface area contributed by atoms with E-state index in [9.17, 15) is 4.39 Å². The molecular weight excluding hydrogens is 283 g/mol. The summed E-state index contributed by atoms with van der Waals surface area (Å²) in [5.41, 5.74) is 7.26. The monoisotopic (exact) mass is 296 g/mol. The maximum Gasteiger partial charge on any atom is 0.135 e. The number of thiocarbonyl (C=S) groups is 1. The molecule has 0 atom stereocenters. The van der Waals surface area contributed by atoms with Crippen molar-refractivity contribution < 1.29 is 4.39 Å². The van der Waals surface area contributed by atoms with Gasteiger partial charge in [0.1, 0.15) is 10.8 Å². The molecule has 0 aliphatic rings. The Kier molecular flexibility index (Phi) is 3.54. The van der Waals surface area contributed by atoms with Crippen molar-refractivity contribution in [1.82, 2.24) is 0 Å². The largest absolute Gasteiger partial charge is 0.389 e. The van der Waals surface area contributed by atoms with E-state index in [0.29, 0.717) is 5.69 Å². The minimum atomic E-state index is -0.423. The van der Waals surface area contributed by atoms with Gasteiger partial charge in [0.15, 0.2) is 0 Å². The minimum absolute atomic E-state index is 0.0600. The Bertz CT molecular complexity index is 830. The number of fused-ring (bicyclic) bond motifs is 1. The minimum Gasteiger partial charge on any atom is -0.389 e. The van der Waals surface area contributed by atoms with Crippen LogP contribution < -0.4 is 11.1 Å². The van der Waals surface area contributed by atoms with E-state index in [1.165, 1.54) is 6.07 Å². The second-order valence-corrected chi connectivity index (χ2v) is 5.19. The van der Waals surface area contributed by atoms with Crippen LogP contribution in [-0.2, 0) is 0 Å². The molecule has 0 saturated carbocycles. The Morgan fingerprint density at radius 3 is 2.29 bits per heavy atom. The van der Waals surface area contributed by atoms with Gasteiger partial charge in [-0.05, 0) is 41.1 Å². The molecule has 0 spiro atoms. The van der Waals surface area contributed by atoms with Gasteiger partial charge in [0, 0.05) is 16.9 Å². The molecule has 0 unspecified atom stereocenters. The van der Waals surface area contributed by atoms with Gasteiger partial charge in [0.25, 0.3) is 0 Å². The van der Waals surface area contributed by atoms with E-state index >= 15 is 0 Å². The SMILES string of the molecule is NC(=S)c1ccc(Nc2ccc3ccccc3c2)cc1F. The number of nitrogens with two attached hydrogens (primary N) is 1. The number of anilines is 2. The number of rotatable bonds is 3. The highest BCUT2D eigenvalue weighted by molar-refractivity contribution is 7.80. The predicted octanol–water partition coefficient (Wildman–Crippen LogP) is 4.36.